The summed E-state index contributed by atoms with van der Waals surface area (Å²) >= 11 is 0. The van der Waals surface area contributed by atoms with E-state index in [1.165, 1.54) is 0 Å². The fourth-order valence-corrected chi connectivity index (χ4v) is 3.48. The molecule has 3 nitrogen and oxygen atoms in total. The van der Waals surface area contributed by atoms with Crippen LogP contribution in [-0.4, -0.2) is 15.9 Å². The summed E-state index contributed by atoms with van der Waals surface area (Å²) < 4.78 is 17.6. The van der Waals surface area contributed by atoms with Crippen molar-refractivity contribution in [2.24, 2.45) is 5.41 Å². The lowest BCUT2D eigenvalue weighted by molar-refractivity contribution is -0.144. The van der Waals surface area contributed by atoms with Gasteiger partial charge in [0.15, 0.2) is 0 Å². The van der Waals surface area contributed by atoms with Crippen LogP contribution in [-0.2, 0) is 21.3 Å². The molecule has 122 valence electrons. The van der Waals surface area contributed by atoms with Crippen molar-refractivity contribution in [1.29, 1.82) is 0 Å². The summed E-state index contributed by atoms with van der Waals surface area (Å²) in [7, 11) is -0.988. The molecule has 2 aromatic rings. The molecule has 0 saturated carbocycles. The predicted molar refractivity (Wildman–Crippen MR) is 93.6 cm³/mol. The molecule has 0 fully saturated rings. The van der Waals surface area contributed by atoms with Gasteiger partial charge in [-0.15, -0.1) is 0 Å². The van der Waals surface area contributed by atoms with Gasteiger partial charge in [-0.25, -0.2) is 0 Å². The zero-order valence-electron chi connectivity index (χ0n) is 13.5. The maximum absolute atomic E-state index is 12.3. The molecule has 0 amide bonds. The molecule has 0 radical (unpaired) electrons. The second-order valence-corrected chi connectivity index (χ2v) is 7.69. The van der Waals surface area contributed by atoms with E-state index in [1.807, 2.05) is 62.4 Å². The van der Waals surface area contributed by atoms with Gasteiger partial charge in [0.05, 0.1) is 5.41 Å². The maximum atomic E-state index is 12.3. The van der Waals surface area contributed by atoms with Crippen LogP contribution in [0.2, 0.25) is 0 Å². The van der Waals surface area contributed by atoms with Gasteiger partial charge >= 0.3 is 5.97 Å². The third kappa shape index (κ3) is 5.64. The number of esters is 1. The monoisotopic (exact) mass is 330 g/mol. The molecule has 0 aliphatic rings. The highest BCUT2D eigenvalue weighted by Gasteiger charge is 2.30. The first-order valence-corrected chi connectivity index (χ1v) is 9.12. The van der Waals surface area contributed by atoms with Crippen molar-refractivity contribution in [1.82, 2.24) is 0 Å². The molecule has 0 saturated heterocycles. The van der Waals surface area contributed by atoms with Crippen LogP contribution < -0.4 is 4.74 Å². The van der Waals surface area contributed by atoms with E-state index in [1.54, 1.807) is 12.1 Å². The number of rotatable bonds is 7. The summed E-state index contributed by atoms with van der Waals surface area (Å²) in [5.41, 5.74) is 0.387. The fourth-order valence-electron chi connectivity index (χ4n) is 2.04. The standard InChI is InChI=1S/C19H22O3S/c1-19(2,18(20)22-17-11-7-4-8-12-17)13-14-23(21)15-16-9-5-3-6-10-16/h3-12H,13-15H2,1-2H3. The number of para-hydroxylation sites is 1. The number of hydrogen-bond acceptors (Lipinski definition) is 3. The van der Waals surface area contributed by atoms with Crippen molar-refractivity contribution < 1.29 is 13.7 Å². The Bertz CT molecular complexity index is 651. The minimum Gasteiger partial charge on any atom is -0.426 e. The van der Waals surface area contributed by atoms with Crippen molar-refractivity contribution in [2.75, 3.05) is 5.75 Å². The first-order valence-electron chi connectivity index (χ1n) is 7.63. The van der Waals surface area contributed by atoms with Crippen LogP contribution in [0.4, 0.5) is 0 Å². The Morgan fingerprint density at radius 3 is 2.17 bits per heavy atom. The summed E-state index contributed by atoms with van der Waals surface area (Å²) in [6.07, 6.45) is 0.526. The number of carbonyl (C=O) groups excluding carboxylic acids is 1. The Morgan fingerprint density at radius 2 is 1.57 bits per heavy atom. The van der Waals surface area contributed by atoms with Gasteiger partial charge < -0.3 is 4.74 Å². The molecule has 4 heteroatoms. The van der Waals surface area contributed by atoms with Crippen LogP contribution in [0, 0.1) is 5.41 Å². The first kappa shape index (κ1) is 17.4. The molecule has 2 aromatic carbocycles. The fraction of sp³-hybridized carbons (Fsp3) is 0.316. The Labute approximate surface area is 140 Å². The number of carbonyl (C=O) groups is 1. The van der Waals surface area contributed by atoms with Gasteiger partial charge in [0.25, 0.3) is 0 Å². The maximum Gasteiger partial charge on any atom is 0.316 e. The molecule has 2 rings (SSSR count). The Morgan fingerprint density at radius 1 is 1.00 bits per heavy atom. The third-order valence-electron chi connectivity index (χ3n) is 3.63. The highest BCUT2D eigenvalue weighted by Crippen LogP contribution is 2.24. The summed E-state index contributed by atoms with van der Waals surface area (Å²) in [4.78, 5) is 12.3. The highest BCUT2D eigenvalue weighted by atomic mass is 32.2. The van der Waals surface area contributed by atoms with Crippen molar-refractivity contribution in [3.05, 3.63) is 66.2 Å². The van der Waals surface area contributed by atoms with E-state index in [0.29, 0.717) is 23.7 Å². The second kappa shape index (κ2) is 8.06. The molecular weight excluding hydrogens is 308 g/mol. The molecule has 0 spiro atoms. The van der Waals surface area contributed by atoms with Crippen molar-refractivity contribution >= 4 is 16.8 Å². The number of hydrogen-bond donors (Lipinski definition) is 0. The van der Waals surface area contributed by atoms with Crippen LogP contribution in [0.3, 0.4) is 0 Å². The van der Waals surface area contributed by atoms with Crippen molar-refractivity contribution in [2.45, 2.75) is 26.0 Å². The van der Waals surface area contributed by atoms with Gasteiger partial charge in [-0.1, -0.05) is 48.5 Å². The predicted octanol–water partition coefficient (Wildman–Crippen LogP) is 3.96. The van der Waals surface area contributed by atoms with E-state index in [9.17, 15) is 9.00 Å². The molecule has 23 heavy (non-hydrogen) atoms. The smallest absolute Gasteiger partial charge is 0.316 e. The van der Waals surface area contributed by atoms with Crippen LogP contribution in [0.25, 0.3) is 0 Å². The minimum absolute atomic E-state index is 0.291. The third-order valence-corrected chi connectivity index (χ3v) is 4.95. The molecule has 0 aliphatic carbocycles. The van der Waals surface area contributed by atoms with Crippen molar-refractivity contribution in [3.63, 3.8) is 0 Å². The Kier molecular flexibility index (Phi) is 6.11. The normalized spacial score (nSPS) is 12.6. The average Bonchev–Trinajstić information content (AvgIpc) is 2.55. The van der Waals surface area contributed by atoms with Gasteiger partial charge in [-0.05, 0) is 38.0 Å². The Balaban J connectivity index is 1.85. The second-order valence-electron chi connectivity index (χ2n) is 6.11. The molecule has 0 N–H and O–H groups in total. The number of ether oxygens (including phenoxy) is 1. The summed E-state index contributed by atoms with van der Waals surface area (Å²) in [5.74, 6) is 1.24. The highest BCUT2D eigenvalue weighted by molar-refractivity contribution is 7.84. The lowest BCUT2D eigenvalue weighted by atomic mass is 9.90. The molecule has 0 aromatic heterocycles. The zero-order valence-corrected chi connectivity index (χ0v) is 14.3. The van der Waals surface area contributed by atoms with Gasteiger partial charge in [0, 0.05) is 22.3 Å². The van der Waals surface area contributed by atoms with Crippen LogP contribution in [0.1, 0.15) is 25.8 Å². The van der Waals surface area contributed by atoms with Gasteiger partial charge in [-0.2, -0.15) is 0 Å². The Hall–Kier alpha value is -1.94. The molecule has 1 unspecified atom stereocenters. The van der Waals surface area contributed by atoms with Crippen molar-refractivity contribution in [3.8, 4) is 5.75 Å². The quantitative estimate of drug-likeness (QED) is 0.570. The van der Waals surface area contributed by atoms with Gasteiger partial charge in [0.1, 0.15) is 5.75 Å². The van der Waals surface area contributed by atoms with E-state index in [0.717, 1.165) is 5.56 Å². The number of benzene rings is 2. The van der Waals surface area contributed by atoms with Crippen LogP contribution in [0.15, 0.2) is 60.7 Å². The van der Waals surface area contributed by atoms with E-state index in [-0.39, 0.29) is 5.97 Å². The lowest BCUT2D eigenvalue weighted by Crippen LogP contribution is -2.30. The molecule has 0 aliphatic heterocycles. The van der Waals surface area contributed by atoms with Crippen LogP contribution >= 0.6 is 0 Å². The minimum atomic E-state index is -0.988. The van der Waals surface area contributed by atoms with E-state index in [2.05, 4.69) is 0 Å². The largest absolute Gasteiger partial charge is 0.426 e. The molecule has 1 atom stereocenters. The summed E-state index contributed by atoms with van der Waals surface area (Å²) in [5, 5.41) is 0. The lowest BCUT2D eigenvalue weighted by Gasteiger charge is -2.22. The van der Waals surface area contributed by atoms with E-state index >= 15 is 0 Å². The van der Waals surface area contributed by atoms with Crippen LogP contribution in [0.5, 0.6) is 5.75 Å². The van der Waals surface area contributed by atoms with E-state index in [4.69, 9.17) is 4.74 Å². The molecule has 0 heterocycles. The average molecular weight is 330 g/mol. The van der Waals surface area contributed by atoms with E-state index < -0.39 is 16.2 Å². The summed E-state index contributed by atoms with van der Waals surface area (Å²) in [6.45, 7) is 3.66. The molecular formula is C19H22O3S. The topological polar surface area (TPSA) is 43.4 Å². The first-order chi connectivity index (χ1) is 11.0. The zero-order chi connectivity index (χ0) is 16.7. The summed E-state index contributed by atoms with van der Waals surface area (Å²) in [6, 6.07) is 18.8. The van der Waals surface area contributed by atoms with Gasteiger partial charge in [-0.3, -0.25) is 9.00 Å². The SMILES string of the molecule is CC(C)(CCS(=O)Cc1ccccc1)C(=O)Oc1ccccc1. The molecule has 0 bridgehead atoms. The van der Waals surface area contributed by atoms with Gasteiger partial charge in [0.2, 0.25) is 0 Å².